The Morgan fingerprint density at radius 2 is 1.73 bits per heavy atom. The van der Waals surface area contributed by atoms with Crippen LogP contribution in [0.1, 0.15) is 29.6 Å². The molecule has 2 aromatic rings. The molecule has 2 heterocycles. The summed E-state index contributed by atoms with van der Waals surface area (Å²) in [7, 11) is -2.32. The van der Waals surface area contributed by atoms with Crippen LogP contribution in [0.2, 0.25) is 0 Å². The zero-order valence-corrected chi connectivity index (χ0v) is 17.5. The first kappa shape index (κ1) is 20.5. The number of ether oxygens (including phenoxy) is 3. The smallest absolute Gasteiger partial charge is 0.255 e. The molecule has 9 heteroatoms. The molecule has 1 amide bonds. The second-order valence-electron chi connectivity index (χ2n) is 7.14. The summed E-state index contributed by atoms with van der Waals surface area (Å²) in [6.45, 7) is 2.07. The molecule has 8 nitrogen and oxygen atoms in total. The molecule has 4 rings (SSSR count). The SMILES string of the molecule is COc1ccc(C(=O)Nc2ccc3c(c2)OCCCO3)cc1S(=O)(=O)N1CCCC1. The number of carbonyl (C=O) groups excluding carboxylic acids is 1. The largest absolute Gasteiger partial charge is 0.495 e. The van der Waals surface area contributed by atoms with Gasteiger partial charge in [-0.25, -0.2) is 8.42 Å². The molecule has 0 spiro atoms. The molecule has 1 fully saturated rings. The minimum atomic E-state index is -3.73. The summed E-state index contributed by atoms with van der Waals surface area (Å²) in [6.07, 6.45) is 2.44. The van der Waals surface area contributed by atoms with Crippen LogP contribution in [-0.2, 0) is 10.0 Å². The molecule has 0 bridgehead atoms. The molecule has 0 unspecified atom stereocenters. The van der Waals surface area contributed by atoms with Crippen molar-refractivity contribution in [3.05, 3.63) is 42.0 Å². The maximum absolute atomic E-state index is 13.0. The van der Waals surface area contributed by atoms with Gasteiger partial charge in [0, 0.05) is 36.8 Å². The standard InChI is InChI=1S/C21H24N2O6S/c1-27-18-7-5-15(13-20(18)30(25,26)23-9-2-3-10-23)21(24)22-16-6-8-17-19(14-16)29-12-4-11-28-17/h5-8,13-14H,2-4,9-12H2,1H3,(H,22,24). The van der Waals surface area contributed by atoms with Gasteiger partial charge in [-0.05, 0) is 43.2 Å². The molecule has 0 aliphatic carbocycles. The number of rotatable bonds is 5. The van der Waals surface area contributed by atoms with Crippen LogP contribution >= 0.6 is 0 Å². The number of methoxy groups -OCH3 is 1. The Morgan fingerprint density at radius 3 is 2.47 bits per heavy atom. The lowest BCUT2D eigenvalue weighted by molar-refractivity contribution is 0.102. The Balaban J connectivity index is 1.59. The fourth-order valence-corrected chi connectivity index (χ4v) is 5.23. The number of nitrogens with zero attached hydrogens (tertiary/aromatic N) is 1. The third-order valence-electron chi connectivity index (χ3n) is 5.11. The highest BCUT2D eigenvalue weighted by molar-refractivity contribution is 7.89. The van der Waals surface area contributed by atoms with Crippen LogP contribution in [0.5, 0.6) is 17.2 Å². The van der Waals surface area contributed by atoms with Crippen molar-refractivity contribution >= 4 is 21.6 Å². The van der Waals surface area contributed by atoms with E-state index in [9.17, 15) is 13.2 Å². The highest BCUT2D eigenvalue weighted by Crippen LogP contribution is 2.33. The number of benzene rings is 2. The van der Waals surface area contributed by atoms with Gasteiger partial charge in [-0.15, -0.1) is 0 Å². The summed E-state index contributed by atoms with van der Waals surface area (Å²) in [5, 5.41) is 2.79. The van der Waals surface area contributed by atoms with Gasteiger partial charge < -0.3 is 19.5 Å². The predicted molar refractivity (Wildman–Crippen MR) is 111 cm³/mol. The fraction of sp³-hybridized carbons (Fsp3) is 0.381. The molecule has 30 heavy (non-hydrogen) atoms. The van der Waals surface area contributed by atoms with Gasteiger partial charge in [0.25, 0.3) is 5.91 Å². The van der Waals surface area contributed by atoms with Gasteiger partial charge in [0.2, 0.25) is 10.0 Å². The van der Waals surface area contributed by atoms with Gasteiger partial charge in [-0.3, -0.25) is 4.79 Å². The normalized spacial score (nSPS) is 16.7. The van der Waals surface area contributed by atoms with Crippen LogP contribution in [0, 0.1) is 0 Å². The lowest BCUT2D eigenvalue weighted by atomic mass is 10.2. The monoisotopic (exact) mass is 432 g/mol. The van der Waals surface area contributed by atoms with E-state index >= 15 is 0 Å². The van der Waals surface area contributed by atoms with Gasteiger partial charge >= 0.3 is 0 Å². The Morgan fingerprint density at radius 1 is 1.00 bits per heavy atom. The van der Waals surface area contributed by atoms with Crippen molar-refractivity contribution in [3.8, 4) is 17.2 Å². The molecule has 1 N–H and O–H groups in total. The van der Waals surface area contributed by atoms with Crippen molar-refractivity contribution in [2.75, 3.05) is 38.7 Å². The minimum absolute atomic E-state index is 0.00166. The number of amides is 1. The van der Waals surface area contributed by atoms with E-state index in [0.29, 0.717) is 43.5 Å². The average molecular weight is 432 g/mol. The zero-order valence-electron chi connectivity index (χ0n) is 16.7. The van der Waals surface area contributed by atoms with E-state index in [1.165, 1.54) is 23.5 Å². The van der Waals surface area contributed by atoms with Crippen molar-refractivity contribution in [2.24, 2.45) is 0 Å². The summed E-state index contributed by atoms with van der Waals surface area (Å²) in [4.78, 5) is 12.8. The molecule has 2 aliphatic rings. The van der Waals surface area contributed by atoms with Crippen LogP contribution in [0.3, 0.4) is 0 Å². The van der Waals surface area contributed by atoms with Gasteiger partial charge in [0.05, 0.1) is 20.3 Å². The molecule has 160 valence electrons. The number of nitrogens with one attached hydrogen (secondary N) is 1. The van der Waals surface area contributed by atoms with Crippen LogP contribution in [0.25, 0.3) is 0 Å². The van der Waals surface area contributed by atoms with Crippen LogP contribution in [0.15, 0.2) is 41.3 Å². The maximum Gasteiger partial charge on any atom is 0.255 e. The summed E-state index contributed by atoms with van der Waals surface area (Å²) in [5.74, 6) is 0.991. The predicted octanol–water partition coefficient (Wildman–Crippen LogP) is 2.89. The number of carbonyl (C=O) groups is 1. The molecule has 1 saturated heterocycles. The van der Waals surface area contributed by atoms with Crippen molar-refractivity contribution in [3.63, 3.8) is 0 Å². The maximum atomic E-state index is 13.0. The Hall–Kier alpha value is -2.78. The second kappa shape index (κ2) is 8.53. The third kappa shape index (κ3) is 4.08. The van der Waals surface area contributed by atoms with Crippen LogP contribution in [0.4, 0.5) is 5.69 Å². The summed E-state index contributed by atoms with van der Waals surface area (Å²) >= 11 is 0. The van der Waals surface area contributed by atoms with Gasteiger partial charge in [0.15, 0.2) is 11.5 Å². The summed E-state index contributed by atoms with van der Waals surface area (Å²) in [6, 6.07) is 9.57. The Labute approximate surface area is 175 Å². The molecule has 0 radical (unpaired) electrons. The number of fused-ring (bicyclic) bond motifs is 1. The Bertz CT molecular complexity index is 1050. The van der Waals surface area contributed by atoms with E-state index in [0.717, 1.165) is 19.3 Å². The van der Waals surface area contributed by atoms with E-state index in [-0.39, 0.29) is 16.2 Å². The second-order valence-corrected chi connectivity index (χ2v) is 9.05. The van der Waals surface area contributed by atoms with Gasteiger partial charge in [-0.2, -0.15) is 4.31 Å². The number of anilines is 1. The molecular weight excluding hydrogens is 408 g/mol. The van der Waals surface area contributed by atoms with E-state index in [2.05, 4.69) is 5.32 Å². The molecule has 0 saturated carbocycles. The first-order chi connectivity index (χ1) is 14.5. The van der Waals surface area contributed by atoms with Crippen molar-refractivity contribution < 1.29 is 27.4 Å². The Kier molecular flexibility index (Phi) is 5.83. The molecular formula is C21H24N2O6S. The number of hydrogen-bond donors (Lipinski definition) is 1. The highest BCUT2D eigenvalue weighted by atomic mass is 32.2. The highest BCUT2D eigenvalue weighted by Gasteiger charge is 2.30. The topological polar surface area (TPSA) is 94.2 Å². The van der Waals surface area contributed by atoms with E-state index in [1.807, 2.05) is 0 Å². The molecule has 0 aromatic heterocycles. The van der Waals surface area contributed by atoms with E-state index in [4.69, 9.17) is 14.2 Å². The zero-order chi connectivity index (χ0) is 21.1. The quantitative estimate of drug-likeness (QED) is 0.781. The van der Waals surface area contributed by atoms with E-state index in [1.54, 1.807) is 24.3 Å². The van der Waals surface area contributed by atoms with E-state index < -0.39 is 15.9 Å². The van der Waals surface area contributed by atoms with Gasteiger partial charge in [-0.1, -0.05) is 0 Å². The fourth-order valence-electron chi connectivity index (χ4n) is 3.53. The van der Waals surface area contributed by atoms with Crippen LogP contribution in [-0.4, -0.2) is 52.0 Å². The average Bonchev–Trinajstić information content (AvgIpc) is 3.20. The minimum Gasteiger partial charge on any atom is -0.495 e. The summed E-state index contributed by atoms with van der Waals surface area (Å²) < 4.78 is 44.0. The van der Waals surface area contributed by atoms with Gasteiger partial charge in [0.1, 0.15) is 10.6 Å². The first-order valence-corrected chi connectivity index (χ1v) is 11.3. The third-order valence-corrected chi connectivity index (χ3v) is 7.03. The number of sulfonamides is 1. The summed E-state index contributed by atoms with van der Waals surface area (Å²) in [5.41, 5.74) is 0.754. The van der Waals surface area contributed by atoms with Crippen molar-refractivity contribution in [2.45, 2.75) is 24.2 Å². The van der Waals surface area contributed by atoms with Crippen LogP contribution < -0.4 is 19.5 Å². The molecule has 0 atom stereocenters. The molecule has 2 aromatic carbocycles. The van der Waals surface area contributed by atoms with Crippen molar-refractivity contribution in [1.82, 2.24) is 4.31 Å². The first-order valence-electron chi connectivity index (χ1n) is 9.88. The van der Waals surface area contributed by atoms with Crippen molar-refractivity contribution in [1.29, 1.82) is 0 Å². The number of hydrogen-bond acceptors (Lipinski definition) is 6. The lowest BCUT2D eigenvalue weighted by Crippen LogP contribution is -2.28. The lowest BCUT2D eigenvalue weighted by Gasteiger charge is -2.18. The molecule has 2 aliphatic heterocycles.